The van der Waals surface area contributed by atoms with Crippen LogP contribution in [-0.2, 0) is 21.2 Å². The highest BCUT2D eigenvalue weighted by Crippen LogP contribution is 2.38. The molecule has 2 aromatic rings. The molecule has 0 aliphatic carbocycles. The molecule has 0 bridgehead atoms. The lowest BCUT2D eigenvalue weighted by Gasteiger charge is -2.19. The van der Waals surface area contributed by atoms with Crippen molar-refractivity contribution in [2.24, 2.45) is 5.14 Å². The molecule has 148 valence electrons. The van der Waals surface area contributed by atoms with Crippen molar-refractivity contribution >= 4 is 33.6 Å². The van der Waals surface area contributed by atoms with Gasteiger partial charge < -0.3 is 14.8 Å². The number of benzene rings is 2. The highest BCUT2D eigenvalue weighted by Gasteiger charge is 2.16. The van der Waals surface area contributed by atoms with Gasteiger partial charge in [0.2, 0.25) is 15.9 Å². The largest absolute Gasteiger partial charge is 0.486 e. The third kappa shape index (κ3) is 5.25. The highest BCUT2D eigenvalue weighted by atomic mass is 35.5. The van der Waals surface area contributed by atoms with E-state index in [1.54, 1.807) is 30.3 Å². The lowest BCUT2D eigenvalue weighted by molar-refractivity contribution is -0.116. The van der Waals surface area contributed by atoms with Crippen LogP contribution in [0.15, 0.2) is 47.4 Å². The van der Waals surface area contributed by atoms with E-state index in [1.165, 1.54) is 18.2 Å². The van der Waals surface area contributed by atoms with Gasteiger partial charge in [-0.1, -0.05) is 23.7 Å². The Hall–Kier alpha value is -2.55. The maximum Gasteiger partial charge on any atom is 0.244 e. The summed E-state index contributed by atoms with van der Waals surface area (Å²) in [6.07, 6.45) is 3.60. The minimum absolute atomic E-state index is 0.0568. The van der Waals surface area contributed by atoms with Gasteiger partial charge in [0.1, 0.15) is 13.2 Å². The molecule has 3 N–H and O–H groups in total. The number of amides is 1. The number of nitrogens with two attached hydrogens (primary N) is 1. The molecule has 1 aliphatic rings. The molecule has 0 unspecified atom stereocenters. The number of carbonyl (C=O) groups excluding carboxylic acids is 1. The average Bonchev–Trinajstić information content (AvgIpc) is 2.66. The minimum Gasteiger partial charge on any atom is -0.486 e. The quantitative estimate of drug-likeness (QED) is 0.693. The van der Waals surface area contributed by atoms with Crippen molar-refractivity contribution in [2.45, 2.75) is 11.3 Å². The van der Waals surface area contributed by atoms with E-state index in [0.717, 1.165) is 11.1 Å². The number of carbonyl (C=O) groups is 1. The van der Waals surface area contributed by atoms with Crippen LogP contribution < -0.4 is 19.9 Å². The predicted molar refractivity (Wildman–Crippen MR) is 106 cm³/mol. The maximum absolute atomic E-state index is 12.0. The van der Waals surface area contributed by atoms with Gasteiger partial charge in [-0.3, -0.25) is 4.79 Å². The van der Waals surface area contributed by atoms with E-state index in [0.29, 0.717) is 42.7 Å². The second-order valence-corrected chi connectivity index (χ2v) is 8.06. The Morgan fingerprint density at radius 3 is 2.61 bits per heavy atom. The molecule has 1 heterocycles. The van der Waals surface area contributed by atoms with Gasteiger partial charge >= 0.3 is 0 Å². The molecule has 0 spiro atoms. The second kappa shape index (κ2) is 8.64. The normalized spacial score (nSPS) is 13.5. The first kappa shape index (κ1) is 20.2. The Morgan fingerprint density at radius 1 is 1.18 bits per heavy atom. The van der Waals surface area contributed by atoms with Crippen LogP contribution in [0.5, 0.6) is 11.5 Å². The first-order valence-corrected chi connectivity index (χ1v) is 10.4. The lowest BCUT2D eigenvalue weighted by Crippen LogP contribution is -2.23. The lowest BCUT2D eigenvalue weighted by atomic mass is 10.1. The summed E-state index contributed by atoms with van der Waals surface area (Å²) in [5, 5.41) is 8.26. The Balaban J connectivity index is 1.52. The summed E-state index contributed by atoms with van der Waals surface area (Å²) in [6.45, 7) is 1.31. The van der Waals surface area contributed by atoms with Crippen LogP contribution >= 0.6 is 11.6 Å². The molecule has 28 heavy (non-hydrogen) atoms. The van der Waals surface area contributed by atoms with Crippen molar-refractivity contribution in [3.05, 3.63) is 58.6 Å². The molecule has 7 nitrogen and oxygen atoms in total. The van der Waals surface area contributed by atoms with E-state index >= 15 is 0 Å². The van der Waals surface area contributed by atoms with Crippen LogP contribution in [0.25, 0.3) is 6.08 Å². The molecule has 2 aromatic carbocycles. The number of nitrogens with one attached hydrogen (secondary N) is 1. The van der Waals surface area contributed by atoms with E-state index in [-0.39, 0.29) is 10.8 Å². The zero-order valence-electron chi connectivity index (χ0n) is 14.9. The number of primary sulfonamides is 1. The molecule has 0 atom stereocenters. The molecule has 1 aliphatic heterocycles. The summed E-state index contributed by atoms with van der Waals surface area (Å²) in [6, 6.07) is 9.68. The molecule has 0 radical (unpaired) electrons. The van der Waals surface area contributed by atoms with Gasteiger partial charge in [0.05, 0.1) is 9.92 Å². The number of fused-ring (bicyclic) bond motifs is 1. The highest BCUT2D eigenvalue weighted by molar-refractivity contribution is 7.89. The fraction of sp³-hybridized carbons (Fsp3) is 0.211. The van der Waals surface area contributed by atoms with E-state index in [4.69, 9.17) is 26.2 Å². The Kier molecular flexibility index (Phi) is 6.23. The summed E-state index contributed by atoms with van der Waals surface area (Å²) in [7, 11) is -3.70. The van der Waals surface area contributed by atoms with Crippen molar-refractivity contribution in [1.29, 1.82) is 0 Å². The number of ether oxygens (including phenoxy) is 2. The first-order valence-electron chi connectivity index (χ1n) is 8.50. The Labute approximate surface area is 168 Å². The third-order valence-corrected chi connectivity index (χ3v) is 5.22. The molecule has 0 saturated heterocycles. The molecule has 0 saturated carbocycles. The fourth-order valence-electron chi connectivity index (χ4n) is 2.63. The molecule has 1 amide bonds. The van der Waals surface area contributed by atoms with Crippen LogP contribution in [-0.4, -0.2) is 34.1 Å². The summed E-state index contributed by atoms with van der Waals surface area (Å²) < 4.78 is 33.4. The van der Waals surface area contributed by atoms with Gasteiger partial charge in [0.15, 0.2) is 11.5 Å². The zero-order valence-corrected chi connectivity index (χ0v) is 16.4. The number of hydrogen-bond acceptors (Lipinski definition) is 5. The van der Waals surface area contributed by atoms with E-state index < -0.39 is 10.0 Å². The third-order valence-electron chi connectivity index (χ3n) is 4.01. The summed E-state index contributed by atoms with van der Waals surface area (Å²) in [5.74, 6) is 0.817. The number of hydrogen-bond donors (Lipinski definition) is 2. The number of halogens is 1. The fourth-order valence-corrected chi connectivity index (χ4v) is 3.42. The molecule has 0 aromatic heterocycles. The second-order valence-electron chi connectivity index (χ2n) is 6.09. The van der Waals surface area contributed by atoms with Gasteiger partial charge in [-0.15, -0.1) is 0 Å². The Morgan fingerprint density at radius 2 is 1.89 bits per heavy atom. The van der Waals surface area contributed by atoms with Gasteiger partial charge in [-0.2, -0.15) is 0 Å². The SMILES string of the molecule is NS(=O)(=O)c1ccc(CCNC(=O)/C=C/c2cc(Cl)c3c(c2)OCCO3)cc1. The van der Waals surface area contributed by atoms with Crippen LogP contribution in [0.4, 0.5) is 0 Å². The van der Waals surface area contributed by atoms with Crippen LogP contribution in [0.2, 0.25) is 5.02 Å². The molecular formula is C19H19ClN2O5S. The van der Waals surface area contributed by atoms with Gasteiger partial charge in [0.25, 0.3) is 0 Å². The van der Waals surface area contributed by atoms with E-state index in [1.807, 2.05) is 0 Å². The maximum atomic E-state index is 12.0. The van der Waals surface area contributed by atoms with Crippen molar-refractivity contribution in [1.82, 2.24) is 5.32 Å². The average molecular weight is 423 g/mol. The minimum atomic E-state index is -3.70. The van der Waals surface area contributed by atoms with Crippen molar-refractivity contribution in [3.8, 4) is 11.5 Å². The molecule has 0 fully saturated rings. The summed E-state index contributed by atoms with van der Waals surface area (Å²) in [5.41, 5.74) is 1.61. The zero-order chi connectivity index (χ0) is 20.1. The van der Waals surface area contributed by atoms with Crippen molar-refractivity contribution in [3.63, 3.8) is 0 Å². The summed E-state index contributed by atoms with van der Waals surface area (Å²) in [4.78, 5) is 12.0. The van der Waals surface area contributed by atoms with Gasteiger partial charge in [-0.05, 0) is 47.9 Å². The van der Waals surface area contributed by atoms with Gasteiger partial charge in [0, 0.05) is 12.6 Å². The first-order chi connectivity index (χ1) is 13.3. The topological polar surface area (TPSA) is 108 Å². The van der Waals surface area contributed by atoms with E-state index in [2.05, 4.69) is 5.32 Å². The van der Waals surface area contributed by atoms with Crippen LogP contribution in [0, 0.1) is 0 Å². The number of sulfonamides is 1. The number of rotatable bonds is 6. The standard InChI is InChI=1S/C19H19ClN2O5S/c20-16-11-14(12-17-19(16)27-10-9-26-17)3-6-18(23)22-8-7-13-1-4-15(5-2-13)28(21,24)25/h1-6,11-12H,7-10H2,(H,22,23)(H2,21,24,25)/b6-3+. The monoisotopic (exact) mass is 422 g/mol. The van der Waals surface area contributed by atoms with E-state index in [9.17, 15) is 13.2 Å². The Bertz CT molecular complexity index is 1000. The summed E-state index contributed by atoms with van der Waals surface area (Å²) >= 11 is 6.17. The smallest absolute Gasteiger partial charge is 0.244 e. The molecular weight excluding hydrogens is 404 g/mol. The molecule has 3 rings (SSSR count). The molecule has 9 heteroatoms. The van der Waals surface area contributed by atoms with Crippen LogP contribution in [0.1, 0.15) is 11.1 Å². The van der Waals surface area contributed by atoms with Crippen molar-refractivity contribution in [2.75, 3.05) is 19.8 Å². The predicted octanol–water partition coefficient (Wildman–Crippen LogP) is 2.13. The van der Waals surface area contributed by atoms with Crippen LogP contribution in [0.3, 0.4) is 0 Å². The van der Waals surface area contributed by atoms with Crippen molar-refractivity contribution < 1.29 is 22.7 Å². The van der Waals surface area contributed by atoms with Gasteiger partial charge in [-0.25, -0.2) is 13.6 Å².